The number of sulfonamides is 1. The summed E-state index contributed by atoms with van der Waals surface area (Å²) in [6, 6.07) is 6.89. The van der Waals surface area contributed by atoms with Gasteiger partial charge in [0, 0.05) is 40.8 Å². The smallest absolute Gasteiger partial charge is 0.242 e. The zero-order valence-corrected chi connectivity index (χ0v) is 18.1. The minimum Gasteiger partial charge on any atom is -0.378 e. The summed E-state index contributed by atoms with van der Waals surface area (Å²) in [5.74, 6) is 0.725. The van der Waals surface area contributed by atoms with E-state index in [1.54, 1.807) is 19.2 Å². The fourth-order valence-electron chi connectivity index (χ4n) is 3.16. The van der Waals surface area contributed by atoms with Crippen molar-refractivity contribution < 1.29 is 13.2 Å². The Morgan fingerprint density at radius 2 is 1.82 bits per heavy atom. The molecule has 2 N–H and O–H groups in total. The average Bonchev–Trinajstić information content (AvgIpc) is 2.71. The van der Waals surface area contributed by atoms with Gasteiger partial charge in [-0.2, -0.15) is 0 Å². The predicted molar refractivity (Wildman–Crippen MR) is 113 cm³/mol. The number of rotatable bonds is 9. The highest BCUT2D eigenvalue weighted by Crippen LogP contribution is 2.20. The Morgan fingerprint density at radius 1 is 1.14 bits per heavy atom. The van der Waals surface area contributed by atoms with Crippen molar-refractivity contribution in [1.82, 2.24) is 14.9 Å². The van der Waals surface area contributed by atoms with Gasteiger partial charge in [-0.1, -0.05) is 31.4 Å². The van der Waals surface area contributed by atoms with Crippen molar-refractivity contribution in [2.75, 3.05) is 34.3 Å². The maximum absolute atomic E-state index is 12.1. The normalized spacial score (nSPS) is 16.4. The maximum atomic E-state index is 12.1. The summed E-state index contributed by atoms with van der Waals surface area (Å²) < 4.78 is 31.3. The number of nitrogens with zero attached hydrogens (tertiary/aromatic N) is 2. The molecule has 0 radical (unpaired) electrons. The van der Waals surface area contributed by atoms with Crippen LogP contribution in [0.5, 0.6) is 0 Å². The van der Waals surface area contributed by atoms with Gasteiger partial charge in [-0.15, -0.1) is 0 Å². The van der Waals surface area contributed by atoms with Gasteiger partial charge in [0.15, 0.2) is 5.96 Å². The van der Waals surface area contributed by atoms with E-state index in [0.29, 0.717) is 17.5 Å². The molecule has 0 amide bonds. The van der Waals surface area contributed by atoms with E-state index in [-0.39, 0.29) is 0 Å². The second-order valence-corrected chi connectivity index (χ2v) is 9.42. The zero-order chi connectivity index (χ0) is 20.4. The molecule has 0 aliphatic heterocycles. The van der Waals surface area contributed by atoms with Crippen LogP contribution in [0.3, 0.4) is 0 Å². The lowest BCUT2D eigenvalue weighted by atomic mass is 9.98. The average molecular weight is 411 g/mol. The Morgan fingerprint density at radius 3 is 2.43 bits per heavy atom. The van der Waals surface area contributed by atoms with E-state index < -0.39 is 10.0 Å². The van der Waals surface area contributed by atoms with E-state index in [0.717, 1.165) is 31.1 Å². The molecule has 1 saturated carbocycles. The molecule has 0 heterocycles. The largest absolute Gasteiger partial charge is 0.378 e. The molecule has 0 atom stereocenters. The first-order chi connectivity index (χ1) is 13.4. The Balaban J connectivity index is 1.68. The fourth-order valence-corrected chi connectivity index (χ4v) is 4.06. The van der Waals surface area contributed by atoms with Gasteiger partial charge in [0.25, 0.3) is 0 Å². The van der Waals surface area contributed by atoms with Gasteiger partial charge in [0.1, 0.15) is 0 Å². The number of nitrogens with one attached hydrogen (secondary N) is 2. The Labute approximate surface area is 169 Å². The highest BCUT2D eigenvalue weighted by atomic mass is 32.2. The van der Waals surface area contributed by atoms with E-state index in [1.807, 2.05) is 12.1 Å². The van der Waals surface area contributed by atoms with E-state index in [9.17, 15) is 8.42 Å². The molecular weight excluding hydrogens is 376 g/mol. The van der Waals surface area contributed by atoms with E-state index >= 15 is 0 Å². The van der Waals surface area contributed by atoms with E-state index in [2.05, 4.69) is 15.6 Å². The molecule has 0 unspecified atom stereocenters. The molecule has 158 valence electrons. The number of ether oxygens (including phenoxy) is 1. The van der Waals surface area contributed by atoms with Crippen LogP contribution in [0.4, 0.5) is 0 Å². The van der Waals surface area contributed by atoms with Crippen molar-refractivity contribution in [3.05, 3.63) is 29.8 Å². The highest BCUT2D eigenvalue weighted by Gasteiger charge is 2.16. The van der Waals surface area contributed by atoms with Crippen LogP contribution in [-0.2, 0) is 21.3 Å². The lowest BCUT2D eigenvalue weighted by molar-refractivity contribution is 0.0277. The van der Waals surface area contributed by atoms with Gasteiger partial charge in [-0.05, 0) is 37.0 Å². The van der Waals surface area contributed by atoms with Gasteiger partial charge in [-0.25, -0.2) is 12.7 Å². The van der Waals surface area contributed by atoms with Gasteiger partial charge >= 0.3 is 0 Å². The van der Waals surface area contributed by atoms with Gasteiger partial charge in [0.05, 0.1) is 11.0 Å². The van der Waals surface area contributed by atoms with Crippen LogP contribution in [0.25, 0.3) is 0 Å². The fraction of sp³-hybridized carbons (Fsp3) is 0.650. The first-order valence-corrected chi connectivity index (χ1v) is 11.4. The SMILES string of the molecule is CN=C(NCCCOC1CCCCC1)NCc1ccc(S(=O)(=O)N(C)C)cc1. The quantitative estimate of drug-likeness (QED) is 0.371. The maximum Gasteiger partial charge on any atom is 0.242 e. The summed E-state index contributed by atoms with van der Waals surface area (Å²) in [6.07, 6.45) is 7.72. The lowest BCUT2D eigenvalue weighted by Crippen LogP contribution is -2.37. The highest BCUT2D eigenvalue weighted by molar-refractivity contribution is 7.89. The molecule has 7 nitrogen and oxygen atoms in total. The van der Waals surface area contributed by atoms with Crippen molar-refractivity contribution in [1.29, 1.82) is 0 Å². The predicted octanol–water partition coefficient (Wildman–Crippen LogP) is 2.34. The lowest BCUT2D eigenvalue weighted by Gasteiger charge is -2.22. The number of aliphatic imine (C=N–C) groups is 1. The topological polar surface area (TPSA) is 83.0 Å². The second-order valence-electron chi connectivity index (χ2n) is 7.27. The zero-order valence-electron chi connectivity index (χ0n) is 17.3. The van der Waals surface area contributed by atoms with Crippen LogP contribution in [-0.4, -0.2) is 59.1 Å². The van der Waals surface area contributed by atoms with Crippen molar-refractivity contribution in [2.45, 2.75) is 56.1 Å². The minimum atomic E-state index is -3.39. The summed E-state index contributed by atoms with van der Waals surface area (Å²) >= 11 is 0. The van der Waals surface area contributed by atoms with Gasteiger partial charge < -0.3 is 15.4 Å². The molecule has 2 rings (SSSR count). The third-order valence-electron chi connectivity index (χ3n) is 4.90. The van der Waals surface area contributed by atoms with Crippen molar-refractivity contribution in [3.8, 4) is 0 Å². The van der Waals surface area contributed by atoms with Crippen molar-refractivity contribution >= 4 is 16.0 Å². The number of benzene rings is 1. The van der Waals surface area contributed by atoms with Crippen LogP contribution in [0.15, 0.2) is 34.2 Å². The summed E-state index contributed by atoms with van der Waals surface area (Å²) in [5.41, 5.74) is 0.987. The first-order valence-electron chi connectivity index (χ1n) is 10.0. The van der Waals surface area contributed by atoms with Crippen molar-refractivity contribution in [3.63, 3.8) is 0 Å². The van der Waals surface area contributed by atoms with E-state index in [4.69, 9.17) is 4.74 Å². The molecular formula is C20H34N4O3S. The molecule has 0 bridgehead atoms. The number of hydrogen-bond acceptors (Lipinski definition) is 4. The molecule has 8 heteroatoms. The molecule has 1 aromatic rings. The standard InChI is InChI=1S/C20H34N4O3S/c1-21-20(22-14-7-15-27-18-8-5-4-6-9-18)23-16-17-10-12-19(13-11-17)28(25,26)24(2)3/h10-13,18H,4-9,14-16H2,1-3H3,(H2,21,22,23). The summed E-state index contributed by atoms with van der Waals surface area (Å²) in [6.45, 7) is 2.14. The van der Waals surface area contributed by atoms with Gasteiger partial charge in [-0.3, -0.25) is 4.99 Å². The molecule has 1 aliphatic rings. The second kappa shape index (κ2) is 11.4. The third-order valence-corrected chi connectivity index (χ3v) is 6.73. The molecule has 1 aromatic carbocycles. The molecule has 0 saturated heterocycles. The summed E-state index contributed by atoms with van der Waals surface area (Å²) in [7, 11) is 1.40. The number of hydrogen-bond donors (Lipinski definition) is 2. The van der Waals surface area contributed by atoms with Crippen LogP contribution in [0, 0.1) is 0 Å². The van der Waals surface area contributed by atoms with Crippen LogP contribution in [0.1, 0.15) is 44.1 Å². The van der Waals surface area contributed by atoms with Crippen LogP contribution < -0.4 is 10.6 Å². The molecule has 28 heavy (non-hydrogen) atoms. The first kappa shape index (κ1) is 22.6. The van der Waals surface area contributed by atoms with Crippen LogP contribution >= 0.6 is 0 Å². The Bertz CT molecular complexity index is 711. The monoisotopic (exact) mass is 410 g/mol. The summed E-state index contributed by atoms with van der Waals surface area (Å²) in [4.78, 5) is 4.51. The third kappa shape index (κ3) is 7.07. The number of guanidine groups is 1. The van der Waals surface area contributed by atoms with Crippen LogP contribution in [0.2, 0.25) is 0 Å². The van der Waals surface area contributed by atoms with E-state index in [1.165, 1.54) is 50.5 Å². The molecule has 0 spiro atoms. The van der Waals surface area contributed by atoms with Crippen molar-refractivity contribution in [2.24, 2.45) is 4.99 Å². The molecule has 0 aromatic heterocycles. The molecule has 1 aliphatic carbocycles. The van der Waals surface area contributed by atoms with Gasteiger partial charge in [0.2, 0.25) is 10.0 Å². The Hall–Kier alpha value is -1.64. The summed E-state index contributed by atoms with van der Waals surface area (Å²) in [5, 5.41) is 6.53. The Kier molecular flexibility index (Phi) is 9.21. The molecule has 1 fully saturated rings. The minimum absolute atomic E-state index is 0.293.